The largest absolute Gasteiger partial charge is 0.493 e. The second-order valence-corrected chi connectivity index (χ2v) is 10.4. The molecule has 0 saturated carbocycles. The number of halogens is 3. The van der Waals surface area contributed by atoms with E-state index in [-0.39, 0.29) is 18.2 Å². The Morgan fingerprint density at radius 3 is 2.57 bits per heavy atom. The number of ether oxygens (including phenoxy) is 2. The molecule has 2 aromatic carbocycles. The molecule has 0 bridgehead atoms. The maximum absolute atomic E-state index is 14.7. The number of hydrogen-bond acceptors (Lipinski definition) is 6. The predicted octanol–water partition coefficient (Wildman–Crippen LogP) is 4.91. The van der Waals surface area contributed by atoms with E-state index < -0.39 is 33.9 Å². The Balaban J connectivity index is 1.64. The summed E-state index contributed by atoms with van der Waals surface area (Å²) in [7, 11) is -1.82. The lowest BCUT2D eigenvalue weighted by Crippen LogP contribution is -2.29. The molecule has 11 heteroatoms. The van der Waals surface area contributed by atoms with Gasteiger partial charge in [0.15, 0.2) is 11.5 Å². The van der Waals surface area contributed by atoms with Crippen molar-refractivity contribution in [2.45, 2.75) is 31.9 Å². The highest BCUT2D eigenvalue weighted by Crippen LogP contribution is 2.37. The molecule has 1 aliphatic heterocycles. The SMILES string of the molecule is COc1cc2nccc(N[C@H](C)c3cccc(C(F)F)c3F)c2cc1O[C@H]1CCN(S(C)(=O)=O)C1. The van der Waals surface area contributed by atoms with Crippen LogP contribution < -0.4 is 14.8 Å². The first-order valence-electron chi connectivity index (χ1n) is 11.0. The second kappa shape index (κ2) is 9.90. The maximum atomic E-state index is 14.7. The summed E-state index contributed by atoms with van der Waals surface area (Å²) in [5, 5.41) is 3.84. The standard InChI is InChI=1S/C24H26F3N3O4S/c1-14(16-5-4-6-17(23(16)25)24(26)27)29-19-7-9-28-20-12-21(33-2)22(11-18(19)20)34-15-8-10-30(13-15)35(3,31)32/h4-7,9,11-12,14-15,24H,8,10,13H2,1-3H3,(H,28,29)/t14-,15+/m1/s1. The monoisotopic (exact) mass is 509 g/mol. The Morgan fingerprint density at radius 2 is 1.91 bits per heavy atom. The quantitative estimate of drug-likeness (QED) is 0.465. The summed E-state index contributed by atoms with van der Waals surface area (Å²) < 4.78 is 77.6. The van der Waals surface area contributed by atoms with Gasteiger partial charge in [0.2, 0.25) is 10.0 Å². The maximum Gasteiger partial charge on any atom is 0.266 e. The fourth-order valence-electron chi connectivity index (χ4n) is 4.19. The van der Waals surface area contributed by atoms with Gasteiger partial charge in [0.25, 0.3) is 6.43 Å². The molecular formula is C24H26F3N3O4S. The van der Waals surface area contributed by atoms with E-state index in [4.69, 9.17) is 9.47 Å². The number of sulfonamides is 1. The van der Waals surface area contributed by atoms with E-state index in [0.29, 0.717) is 41.1 Å². The number of rotatable bonds is 8. The molecular weight excluding hydrogens is 483 g/mol. The van der Waals surface area contributed by atoms with Crippen molar-refractivity contribution in [3.63, 3.8) is 0 Å². The Kier molecular flexibility index (Phi) is 7.09. The number of nitrogens with zero attached hydrogens (tertiary/aromatic N) is 2. The molecule has 0 amide bonds. The molecule has 3 aromatic rings. The van der Waals surface area contributed by atoms with E-state index in [0.717, 1.165) is 12.3 Å². The summed E-state index contributed by atoms with van der Waals surface area (Å²) in [5.41, 5.74) is 0.652. The van der Waals surface area contributed by atoms with Crippen LogP contribution in [0.3, 0.4) is 0 Å². The highest BCUT2D eigenvalue weighted by Gasteiger charge is 2.30. The van der Waals surface area contributed by atoms with E-state index in [1.165, 1.54) is 23.5 Å². The molecule has 1 aromatic heterocycles. The van der Waals surface area contributed by atoms with E-state index in [1.807, 2.05) is 0 Å². The fraction of sp³-hybridized carbons (Fsp3) is 0.375. The summed E-state index contributed by atoms with van der Waals surface area (Å²) >= 11 is 0. The number of nitrogens with one attached hydrogen (secondary N) is 1. The van der Waals surface area contributed by atoms with Crippen LogP contribution in [0, 0.1) is 5.82 Å². The van der Waals surface area contributed by atoms with Crippen molar-refractivity contribution in [3.05, 3.63) is 59.5 Å². The van der Waals surface area contributed by atoms with Gasteiger partial charge in [-0.3, -0.25) is 4.98 Å². The minimum atomic E-state index is -3.31. The molecule has 0 spiro atoms. The van der Waals surface area contributed by atoms with Crippen molar-refractivity contribution < 1.29 is 31.1 Å². The summed E-state index contributed by atoms with van der Waals surface area (Å²) in [6, 6.07) is 8.44. The zero-order chi connectivity index (χ0) is 25.3. The first-order valence-corrected chi connectivity index (χ1v) is 12.8. The van der Waals surface area contributed by atoms with Crippen LogP contribution in [0.4, 0.5) is 18.9 Å². The average molecular weight is 510 g/mol. The summed E-state index contributed by atoms with van der Waals surface area (Å²) in [4.78, 5) is 4.37. The van der Waals surface area contributed by atoms with Crippen LogP contribution in [0.1, 0.15) is 36.9 Å². The van der Waals surface area contributed by atoms with Crippen molar-refractivity contribution in [1.82, 2.24) is 9.29 Å². The summed E-state index contributed by atoms with van der Waals surface area (Å²) in [6.07, 6.45) is 0.00360. The van der Waals surface area contributed by atoms with E-state index in [1.54, 1.807) is 31.3 Å². The molecule has 188 valence electrons. The zero-order valence-electron chi connectivity index (χ0n) is 19.5. The molecule has 0 radical (unpaired) electrons. The van der Waals surface area contributed by atoms with Crippen molar-refractivity contribution in [2.75, 3.05) is 31.8 Å². The Bertz CT molecular complexity index is 1340. The number of methoxy groups -OCH3 is 1. The van der Waals surface area contributed by atoms with Crippen molar-refractivity contribution in [3.8, 4) is 11.5 Å². The topological polar surface area (TPSA) is 80.8 Å². The molecule has 1 fully saturated rings. The molecule has 4 rings (SSSR count). The first kappa shape index (κ1) is 25.1. The van der Waals surface area contributed by atoms with Gasteiger partial charge < -0.3 is 14.8 Å². The number of anilines is 1. The first-order chi connectivity index (χ1) is 16.6. The van der Waals surface area contributed by atoms with E-state index in [2.05, 4.69) is 10.3 Å². The van der Waals surface area contributed by atoms with Gasteiger partial charge in [-0.25, -0.2) is 21.6 Å². The highest BCUT2D eigenvalue weighted by atomic mass is 32.2. The van der Waals surface area contributed by atoms with Gasteiger partial charge in [0, 0.05) is 35.4 Å². The van der Waals surface area contributed by atoms with Crippen LogP contribution in [0.15, 0.2) is 42.6 Å². The third-order valence-corrected chi connectivity index (χ3v) is 7.30. The van der Waals surface area contributed by atoms with E-state index >= 15 is 0 Å². The number of alkyl halides is 2. The molecule has 1 N–H and O–H groups in total. The molecule has 2 atom stereocenters. The molecule has 7 nitrogen and oxygen atoms in total. The number of hydrogen-bond donors (Lipinski definition) is 1. The smallest absolute Gasteiger partial charge is 0.266 e. The fourth-order valence-corrected chi connectivity index (χ4v) is 5.06. The molecule has 1 saturated heterocycles. The van der Waals surface area contributed by atoms with Gasteiger partial charge in [-0.2, -0.15) is 4.31 Å². The highest BCUT2D eigenvalue weighted by molar-refractivity contribution is 7.88. The molecule has 1 aliphatic rings. The van der Waals surface area contributed by atoms with Crippen molar-refractivity contribution >= 4 is 26.6 Å². The normalized spacial score (nSPS) is 17.6. The second-order valence-electron chi connectivity index (χ2n) is 8.45. The molecule has 0 aliphatic carbocycles. The van der Waals surface area contributed by atoms with Gasteiger partial charge in [0.05, 0.1) is 37.0 Å². The van der Waals surface area contributed by atoms with Crippen molar-refractivity contribution in [1.29, 1.82) is 0 Å². The predicted molar refractivity (Wildman–Crippen MR) is 127 cm³/mol. The number of benzene rings is 2. The minimum Gasteiger partial charge on any atom is -0.493 e. The van der Waals surface area contributed by atoms with Crippen LogP contribution in [0.5, 0.6) is 11.5 Å². The van der Waals surface area contributed by atoms with Gasteiger partial charge in [0.1, 0.15) is 11.9 Å². The minimum absolute atomic E-state index is 0.115. The van der Waals surface area contributed by atoms with Crippen molar-refractivity contribution in [2.24, 2.45) is 0 Å². The Morgan fingerprint density at radius 1 is 1.17 bits per heavy atom. The Hall–Kier alpha value is -3.05. The molecule has 35 heavy (non-hydrogen) atoms. The zero-order valence-corrected chi connectivity index (χ0v) is 20.3. The van der Waals surface area contributed by atoms with Crippen LogP contribution >= 0.6 is 0 Å². The molecule has 0 unspecified atom stereocenters. The lowest BCUT2D eigenvalue weighted by atomic mass is 10.0. The number of aromatic nitrogens is 1. The lowest BCUT2D eigenvalue weighted by molar-refractivity contribution is 0.146. The Labute approximate surface area is 201 Å². The van der Waals surface area contributed by atoms with Gasteiger partial charge in [-0.1, -0.05) is 18.2 Å². The lowest BCUT2D eigenvalue weighted by Gasteiger charge is -2.21. The van der Waals surface area contributed by atoms with Crippen LogP contribution in [-0.2, 0) is 10.0 Å². The van der Waals surface area contributed by atoms with Crippen LogP contribution in [-0.4, -0.2) is 50.3 Å². The number of pyridine rings is 1. The third kappa shape index (κ3) is 5.30. The summed E-state index contributed by atoms with van der Waals surface area (Å²) in [6.45, 7) is 2.28. The van der Waals surface area contributed by atoms with Crippen LogP contribution in [0.2, 0.25) is 0 Å². The van der Waals surface area contributed by atoms with Crippen LogP contribution in [0.25, 0.3) is 10.9 Å². The average Bonchev–Trinajstić information content (AvgIpc) is 3.28. The molecule has 2 heterocycles. The van der Waals surface area contributed by atoms with Gasteiger partial charge in [-0.15, -0.1) is 0 Å². The van der Waals surface area contributed by atoms with Gasteiger partial charge >= 0.3 is 0 Å². The number of fused-ring (bicyclic) bond motifs is 1. The summed E-state index contributed by atoms with van der Waals surface area (Å²) in [5.74, 6) is -0.0955. The van der Waals surface area contributed by atoms with E-state index in [9.17, 15) is 21.6 Å². The van der Waals surface area contributed by atoms with Gasteiger partial charge in [-0.05, 0) is 25.5 Å². The third-order valence-electron chi connectivity index (χ3n) is 6.03.